The average Bonchev–Trinajstić information content (AvgIpc) is 2.16. The van der Waals surface area contributed by atoms with Crippen LogP contribution in [0, 0.1) is 11.3 Å². The van der Waals surface area contributed by atoms with Gasteiger partial charge < -0.3 is 10.6 Å². The lowest BCUT2D eigenvalue weighted by Crippen LogP contribution is -2.15. The van der Waals surface area contributed by atoms with Gasteiger partial charge in [0.1, 0.15) is 17.7 Å². The first-order valence-corrected chi connectivity index (χ1v) is 5.47. The summed E-state index contributed by atoms with van der Waals surface area (Å²) < 4.78 is 0. The van der Waals surface area contributed by atoms with E-state index in [1.165, 1.54) is 0 Å². The van der Waals surface area contributed by atoms with Crippen molar-refractivity contribution in [3.8, 4) is 6.07 Å². The van der Waals surface area contributed by atoms with Gasteiger partial charge in [-0.05, 0) is 39.8 Å². The molecule has 86 valence electrons. The van der Waals surface area contributed by atoms with Crippen LogP contribution in [-0.2, 0) is 0 Å². The van der Waals surface area contributed by atoms with Crippen LogP contribution in [0.25, 0.3) is 0 Å². The van der Waals surface area contributed by atoms with E-state index in [-0.39, 0.29) is 6.04 Å². The van der Waals surface area contributed by atoms with Crippen LogP contribution in [0.3, 0.4) is 0 Å². The summed E-state index contributed by atoms with van der Waals surface area (Å²) in [4.78, 5) is 4.38. The molecule has 1 heterocycles. The van der Waals surface area contributed by atoms with E-state index in [1.807, 2.05) is 19.9 Å². The van der Waals surface area contributed by atoms with Gasteiger partial charge >= 0.3 is 0 Å². The molecule has 0 unspecified atom stereocenters. The normalized spacial score (nSPS) is 10.3. The number of hydrogen-bond acceptors (Lipinski definition) is 4. The summed E-state index contributed by atoms with van der Waals surface area (Å²) in [7, 11) is 0. The molecule has 2 N–H and O–H groups in total. The zero-order chi connectivity index (χ0) is 12.1. The Hall–Kier alpha value is -1.76. The van der Waals surface area contributed by atoms with Gasteiger partial charge in [0.05, 0.1) is 5.56 Å². The fourth-order valence-corrected chi connectivity index (χ4v) is 1.31. The highest BCUT2D eigenvalue weighted by atomic mass is 15.1. The van der Waals surface area contributed by atoms with Crippen LogP contribution in [0.2, 0.25) is 0 Å². The van der Waals surface area contributed by atoms with Crippen LogP contribution in [0.1, 0.15) is 33.3 Å². The van der Waals surface area contributed by atoms with Gasteiger partial charge in [0, 0.05) is 12.1 Å². The molecule has 0 atom stereocenters. The number of nitrogens with one attached hydrogen (secondary N) is 2. The van der Waals surface area contributed by atoms with Crippen LogP contribution in [0.5, 0.6) is 0 Å². The lowest BCUT2D eigenvalue weighted by Gasteiger charge is -2.14. The van der Waals surface area contributed by atoms with E-state index in [2.05, 4.69) is 35.5 Å². The van der Waals surface area contributed by atoms with Crippen LogP contribution in [-0.4, -0.2) is 17.1 Å². The molecule has 0 amide bonds. The van der Waals surface area contributed by atoms with Crippen LogP contribution >= 0.6 is 0 Å². The van der Waals surface area contributed by atoms with Crippen molar-refractivity contribution in [2.75, 3.05) is 10.6 Å². The van der Waals surface area contributed by atoms with E-state index in [0.717, 1.165) is 5.82 Å². The Labute approximate surface area is 96.7 Å². The highest BCUT2D eigenvalue weighted by molar-refractivity contribution is 5.57. The fourth-order valence-electron chi connectivity index (χ4n) is 1.31. The molecule has 0 bridgehead atoms. The van der Waals surface area contributed by atoms with Crippen molar-refractivity contribution in [1.29, 1.82) is 5.26 Å². The second kappa shape index (κ2) is 5.36. The Kier molecular flexibility index (Phi) is 4.12. The Bertz CT molecular complexity index is 390. The maximum atomic E-state index is 8.95. The van der Waals surface area contributed by atoms with Gasteiger partial charge in [-0.3, -0.25) is 0 Å². The third-order valence-electron chi connectivity index (χ3n) is 1.88. The van der Waals surface area contributed by atoms with Crippen LogP contribution < -0.4 is 10.6 Å². The summed E-state index contributed by atoms with van der Waals surface area (Å²) in [6.07, 6.45) is 0. The minimum Gasteiger partial charge on any atom is -0.368 e. The van der Waals surface area contributed by atoms with Crippen molar-refractivity contribution in [1.82, 2.24) is 4.98 Å². The van der Waals surface area contributed by atoms with Crippen molar-refractivity contribution in [3.63, 3.8) is 0 Å². The zero-order valence-electron chi connectivity index (χ0n) is 10.2. The Morgan fingerprint density at radius 2 is 1.75 bits per heavy atom. The van der Waals surface area contributed by atoms with Gasteiger partial charge in [-0.2, -0.15) is 5.26 Å². The molecular formula is C12H18N4. The van der Waals surface area contributed by atoms with Crippen molar-refractivity contribution >= 4 is 11.6 Å². The van der Waals surface area contributed by atoms with E-state index in [0.29, 0.717) is 17.4 Å². The maximum Gasteiger partial charge on any atom is 0.146 e. The van der Waals surface area contributed by atoms with Gasteiger partial charge in [-0.15, -0.1) is 0 Å². The van der Waals surface area contributed by atoms with Gasteiger partial charge in [0.2, 0.25) is 0 Å². The maximum absolute atomic E-state index is 8.95. The number of nitriles is 1. The Morgan fingerprint density at radius 1 is 1.12 bits per heavy atom. The van der Waals surface area contributed by atoms with E-state index < -0.39 is 0 Å². The number of hydrogen-bond donors (Lipinski definition) is 2. The average molecular weight is 218 g/mol. The largest absolute Gasteiger partial charge is 0.368 e. The van der Waals surface area contributed by atoms with E-state index >= 15 is 0 Å². The summed E-state index contributed by atoms with van der Waals surface area (Å²) in [5.74, 6) is 1.43. The molecule has 0 fully saturated rings. The molecule has 0 radical (unpaired) electrons. The third-order valence-corrected chi connectivity index (χ3v) is 1.88. The minimum atomic E-state index is 0.258. The number of rotatable bonds is 4. The molecule has 4 nitrogen and oxygen atoms in total. The first-order valence-electron chi connectivity index (χ1n) is 5.47. The van der Waals surface area contributed by atoms with E-state index in [4.69, 9.17) is 5.26 Å². The predicted molar refractivity (Wildman–Crippen MR) is 66.5 cm³/mol. The summed E-state index contributed by atoms with van der Waals surface area (Å²) >= 11 is 0. The molecular weight excluding hydrogens is 200 g/mol. The lowest BCUT2D eigenvalue weighted by atomic mass is 10.2. The van der Waals surface area contributed by atoms with E-state index in [9.17, 15) is 0 Å². The molecule has 16 heavy (non-hydrogen) atoms. The number of anilines is 2. The highest BCUT2D eigenvalue weighted by Crippen LogP contribution is 2.16. The van der Waals surface area contributed by atoms with Crippen molar-refractivity contribution in [3.05, 3.63) is 17.7 Å². The molecule has 0 aliphatic carbocycles. The summed E-state index contributed by atoms with van der Waals surface area (Å²) in [5.41, 5.74) is 0.572. The molecule has 1 aromatic heterocycles. The standard InChI is InChI=1S/C12H18N4/c1-8(2)14-11-6-5-10(7-13)12(16-11)15-9(3)4/h5-6,8-9H,1-4H3,(H2,14,15,16). The Morgan fingerprint density at radius 3 is 2.25 bits per heavy atom. The van der Waals surface area contributed by atoms with Gasteiger partial charge in [0.25, 0.3) is 0 Å². The summed E-state index contributed by atoms with van der Waals surface area (Å²) in [5, 5.41) is 15.3. The van der Waals surface area contributed by atoms with Crippen LogP contribution in [0.4, 0.5) is 11.6 Å². The lowest BCUT2D eigenvalue weighted by molar-refractivity contribution is 0.874. The summed E-state index contributed by atoms with van der Waals surface area (Å²) in [6, 6.07) is 6.32. The quantitative estimate of drug-likeness (QED) is 0.815. The smallest absolute Gasteiger partial charge is 0.146 e. The molecule has 0 aromatic carbocycles. The Balaban J connectivity index is 2.97. The molecule has 0 aliphatic rings. The molecule has 0 saturated heterocycles. The van der Waals surface area contributed by atoms with Crippen molar-refractivity contribution in [2.24, 2.45) is 0 Å². The van der Waals surface area contributed by atoms with Crippen LogP contribution in [0.15, 0.2) is 12.1 Å². The molecule has 0 aliphatic heterocycles. The predicted octanol–water partition coefficient (Wildman–Crippen LogP) is 2.59. The van der Waals surface area contributed by atoms with E-state index in [1.54, 1.807) is 6.07 Å². The number of nitrogens with zero attached hydrogens (tertiary/aromatic N) is 2. The zero-order valence-corrected chi connectivity index (χ0v) is 10.2. The third kappa shape index (κ3) is 3.43. The first-order chi connectivity index (χ1) is 7.52. The monoisotopic (exact) mass is 218 g/mol. The summed E-state index contributed by atoms with van der Waals surface area (Å²) in [6.45, 7) is 8.14. The minimum absolute atomic E-state index is 0.258. The van der Waals surface area contributed by atoms with Crippen molar-refractivity contribution < 1.29 is 0 Å². The number of aromatic nitrogens is 1. The molecule has 0 saturated carbocycles. The van der Waals surface area contributed by atoms with Gasteiger partial charge in [-0.1, -0.05) is 0 Å². The molecule has 1 rings (SSSR count). The van der Waals surface area contributed by atoms with Gasteiger partial charge in [-0.25, -0.2) is 4.98 Å². The molecule has 0 spiro atoms. The van der Waals surface area contributed by atoms with Gasteiger partial charge in [0.15, 0.2) is 0 Å². The second-order valence-electron chi connectivity index (χ2n) is 4.30. The highest BCUT2D eigenvalue weighted by Gasteiger charge is 2.07. The number of pyridine rings is 1. The van der Waals surface area contributed by atoms with Crippen molar-refractivity contribution in [2.45, 2.75) is 39.8 Å². The topological polar surface area (TPSA) is 60.7 Å². The second-order valence-corrected chi connectivity index (χ2v) is 4.30. The molecule has 1 aromatic rings. The fraction of sp³-hybridized carbons (Fsp3) is 0.500. The molecule has 4 heteroatoms. The first kappa shape index (κ1) is 12.3. The SMILES string of the molecule is CC(C)Nc1ccc(C#N)c(NC(C)C)n1.